The van der Waals surface area contributed by atoms with Gasteiger partial charge in [0.15, 0.2) is 5.78 Å². The van der Waals surface area contributed by atoms with E-state index in [9.17, 15) is 9.59 Å². The highest BCUT2D eigenvalue weighted by molar-refractivity contribution is 6.14. The van der Waals surface area contributed by atoms with Gasteiger partial charge in [0, 0.05) is 5.56 Å². The van der Waals surface area contributed by atoms with E-state index in [2.05, 4.69) is 6.92 Å². The highest BCUT2D eigenvalue weighted by atomic mass is 16.5. The average molecular weight is 352 g/mol. The number of carbonyl (C=O) groups excluding carboxylic acids is 2. The van der Waals surface area contributed by atoms with E-state index in [4.69, 9.17) is 4.74 Å². The van der Waals surface area contributed by atoms with Gasteiger partial charge in [0.05, 0.1) is 6.61 Å². The van der Waals surface area contributed by atoms with Crippen LogP contribution in [0.3, 0.4) is 0 Å². The zero-order chi connectivity index (χ0) is 18.9. The van der Waals surface area contributed by atoms with Crippen LogP contribution in [0.1, 0.15) is 65.6 Å². The Morgan fingerprint density at radius 3 is 2.15 bits per heavy atom. The van der Waals surface area contributed by atoms with Gasteiger partial charge >= 0.3 is 5.97 Å². The number of esters is 1. The maximum Gasteiger partial charge on any atom is 0.321 e. The lowest BCUT2D eigenvalue weighted by atomic mass is 9.87. The van der Waals surface area contributed by atoms with Crippen LogP contribution in [0, 0.1) is 13.8 Å². The number of benzene rings is 2. The largest absolute Gasteiger partial charge is 0.465 e. The molecule has 3 heteroatoms. The van der Waals surface area contributed by atoms with Gasteiger partial charge in [-0.1, -0.05) is 74.7 Å². The molecule has 2 aromatic carbocycles. The Labute approximate surface area is 156 Å². The lowest BCUT2D eigenvalue weighted by molar-refractivity contribution is -0.144. The minimum Gasteiger partial charge on any atom is -0.465 e. The molecular formula is C23H28O3. The second-order valence-electron chi connectivity index (χ2n) is 6.70. The van der Waals surface area contributed by atoms with Crippen molar-refractivity contribution in [2.45, 2.75) is 52.4 Å². The number of carbonyl (C=O) groups is 2. The Morgan fingerprint density at radius 2 is 1.54 bits per heavy atom. The van der Waals surface area contributed by atoms with Crippen LogP contribution in [-0.4, -0.2) is 18.4 Å². The van der Waals surface area contributed by atoms with E-state index in [0.29, 0.717) is 17.7 Å². The summed E-state index contributed by atoms with van der Waals surface area (Å²) in [5, 5.41) is 0. The Balaban J connectivity index is 2.25. The van der Waals surface area contributed by atoms with Crippen molar-refractivity contribution in [3.05, 3.63) is 70.8 Å². The minimum absolute atomic E-state index is 0.189. The zero-order valence-corrected chi connectivity index (χ0v) is 16.0. The first kappa shape index (κ1) is 19.9. The van der Waals surface area contributed by atoms with E-state index in [1.165, 1.54) is 0 Å². The molecular weight excluding hydrogens is 324 g/mol. The van der Waals surface area contributed by atoms with Crippen LogP contribution in [0.25, 0.3) is 0 Å². The smallest absolute Gasteiger partial charge is 0.321 e. The van der Waals surface area contributed by atoms with Crippen molar-refractivity contribution in [2.75, 3.05) is 6.61 Å². The third-order valence-electron chi connectivity index (χ3n) is 4.60. The van der Waals surface area contributed by atoms with Crippen LogP contribution in [-0.2, 0) is 9.53 Å². The highest BCUT2D eigenvalue weighted by Crippen LogP contribution is 2.26. The average Bonchev–Trinajstić information content (AvgIpc) is 2.62. The number of hydrogen-bond acceptors (Lipinski definition) is 3. The summed E-state index contributed by atoms with van der Waals surface area (Å²) < 4.78 is 5.47. The van der Waals surface area contributed by atoms with E-state index < -0.39 is 11.9 Å². The van der Waals surface area contributed by atoms with Gasteiger partial charge in [-0.15, -0.1) is 0 Å². The van der Waals surface area contributed by atoms with Gasteiger partial charge < -0.3 is 4.74 Å². The summed E-state index contributed by atoms with van der Waals surface area (Å²) >= 11 is 0. The van der Waals surface area contributed by atoms with Crippen LogP contribution >= 0.6 is 0 Å². The standard InChI is InChI=1S/C23H28O3/c1-4-5-6-10-16-26-23(25)21(19-14-8-7-9-15-19)22(24)20-17(2)12-11-13-18(20)3/h7-9,11-15,21H,4-6,10,16H2,1-3H3. The lowest BCUT2D eigenvalue weighted by Crippen LogP contribution is -2.26. The van der Waals surface area contributed by atoms with Crippen molar-refractivity contribution in [3.63, 3.8) is 0 Å². The number of hydrogen-bond donors (Lipinski definition) is 0. The topological polar surface area (TPSA) is 43.4 Å². The fourth-order valence-electron chi connectivity index (χ4n) is 3.17. The monoisotopic (exact) mass is 352 g/mol. The van der Waals surface area contributed by atoms with Crippen molar-refractivity contribution in [1.29, 1.82) is 0 Å². The molecule has 0 aliphatic heterocycles. The van der Waals surface area contributed by atoms with Crippen LogP contribution in [0.5, 0.6) is 0 Å². The third-order valence-corrected chi connectivity index (χ3v) is 4.60. The van der Waals surface area contributed by atoms with Crippen molar-refractivity contribution < 1.29 is 14.3 Å². The quantitative estimate of drug-likeness (QED) is 0.263. The molecule has 0 fully saturated rings. The van der Waals surface area contributed by atoms with Gasteiger partial charge in [0.1, 0.15) is 5.92 Å². The Morgan fingerprint density at radius 1 is 0.885 bits per heavy atom. The molecule has 0 bridgehead atoms. The van der Waals surface area contributed by atoms with Gasteiger partial charge in [-0.2, -0.15) is 0 Å². The fourth-order valence-corrected chi connectivity index (χ4v) is 3.17. The first-order valence-corrected chi connectivity index (χ1v) is 9.38. The zero-order valence-electron chi connectivity index (χ0n) is 16.0. The van der Waals surface area contributed by atoms with E-state index in [1.54, 1.807) is 0 Å². The highest BCUT2D eigenvalue weighted by Gasteiger charge is 2.32. The van der Waals surface area contributed by atoms with Crippen LogP contribution in [0.4, 0.5) is 0 Å². The summed E-state index contributed by atoms with van der Waals surface area (Å²) in [6.45, 7) is 6.31. The fraction of sp³-hybridized carbons (Fsp3) is 0.391. The van der Waals surface area contributed by atoms with Gasteiger partial charge in [-0.3, -0.25) is 9.59 Å². The molecule has 138 valence electrons. The first-order valence-electron chi connectivity index (χ1n) is 9.38. The molecule has 0 amide bonds. The molecule has 0 aliphatic carbocycles. The third kappa shape index (κ3) is 5.04. The molecule has 0 N–H and O–H groups in total. The predicted molar refractivity (Wildman–Crippen MR) is 105 cm³/mol. The maximum absolute atomic E-state index is 13.3. The predicted octanol–water partition coefficient (Wildman–Crippen LogP) is 5.39. The Hall–Kier alpha value is -2.42. The number of rotatable bonds is 9. The summed E-state index contributed by atoms with van der Waals surface area (Å²) in [5.74, 6) is -1.56. The second-order valence-corrected chi connectivity index (χ2v) is 6.70. The van der Waals surface area contributed by atoms with Crippen LogP contribution in [0.2, 0.25) is 0 Å². The van der Waals surface area contributed by atoms with Crippen molar-refractivity contribution in [1.82, 2.24) is 0 Å². The molecule has 0 radical (unpaired) electrons. The van der Waals surface area contributed by atoms with Gasteiger partial charge in [-0.25, -0.2) is 0 Å². The molecule has 3 nitrogen and oxygen atoms in total. The number of aryl methyl sites for hydroxylation is 2. The number of ether oxygens (including phenoxy) is 1. The minimum atomic E-state index is -0.915. The summed E-state index contributed by atoms with van der Waals surface area (Å²) in [5.41, 5.74) is 3.06. The van der Waals surface area contributed by atoms with Crippen LogP contribution in [0.15, 0.2) is 48.5 Å². The molecule has 1 atom stereocenters. The van der Waals surface area contributed by atoms with E-state index in [-0.39, 0.29) is 5.78 Å². The molecule has 0 saturated heterocycles. The summed E-state index contributed by atoms with van der Waals surface area (Å²) in [4.78, 5) is 26.0. The Kier molecular flexibility index (Phi) is 7.58. The van der Waals surface area contributed by atoms with Crippen LogP contribution < -0.4 is 0 Å². The normalized spacial score (nSPS) is 11.8. The van der Waals surface area contributed by atoms with Crippen molar-refractivity contribution in [3.8, 4) is 0 Å². The molecule has 0 heterocycles. The second kappa shape index (κ2) is 9.91. The number of ketones is 1. The summed E-state index contributed by atoms with van der Waals surface area (Å²) in [6, 6.07) is 14.9. The molecule has 0 saturated carbocycles. The maximum atomic E-state index is 13.3. The molecule has 26 heavy (non-hydrogen) atoms. The van der Waals surface area contributed by atoms with Gasteiger partial charge in [0.2, 0.25) is 0 Å². The SMILES string of the molecule is CCCCCCOC(=O)C(C(=O)c1c(C)cccc1C)c1ccccc1. The van der Waals surface area contributed by atoms with E-state index >= 15 is 0 Å². The molecule has 1 unspecified atom stereocenters. The number of unbranched alkanes of at least 4 members (excludes halogenated alkanes) is 3. The molecule has 0 aliphatic rings. The Bertz CT molecular complexity index is 714. The summed E-state index contributed by atoms with van der Waals surface area (Å²) in [7, 11) is 0. The van der Waals surface area contributed by atoms with E-state index in [1.807, 2.05) is 62.4 Å². The summed E-state index contributed by atoms with van der Waals surface area (Å²) in [6.07, 6.45) is 4.12. The van der Waals surface area contributed by atoms with Gasteiger partial charge in [-0.05, 0) is 37.0 Å². The van der Waals surface area contributed by atoms with E-state index in [0.717, 1.165) is 36.8 Å². The molecule has 2 rings (SSSR count). The van der Waals surface area contributed by atoms with Crippen molar-refractivity contribution in [2.24, 2.45) is 0 Å². The van der Waals surface area contributed by atoms with Crippen molar-refractivity contribution >= 4 is 11.8 Å². The molecule has 0 aromatic heterocycles. The molecule has 0 spiro atoms. The molecule has 2 aromatic rings. The first-order chi connectivity index (χ1) is 12.6. The lowest BCUT2D eigenvalue weighted by Gasteiger charge is -2.18. The van der Waals surface area contributed by atoms with Gasteiger partial charge in [0.25, 0.3) is 0 Å². The number of Topliss-reactive ketones (excluding diaryl/α,β-unsaturated/α-hetero) is 1.